The van der Waals surface area contributed by atoms with Crippen molar-refractivity contribution >= 4 is 17.3 Å². The Hall–Kier alpha value is -2.36. The van der Waals surface area contributed by atoms with Gasteiger partial charge in [-0.15, -0.1) is 0 Å². The van der Waals surface area contributed by atoms with Gasteiger partial charge < -0.3 is 10.6 Å². The Balaban J connectivity index is 1.64. The highest BCUT2D eigenvalue weighted by molar-refractivity contribution is 6.03. The lowest BCUT2D eigenvalue weighted by atomic mass is 10.1. The number of nitrogens with one attached hydrogen (secondary N) is 2. The van der Waals surface area contributed by atoms with Gasteiger partial charge in [0, 0.05) is 23.6 Å². The van der Waals surface area contributed by atoms with Crippen molar-refractivity contribution in [3.63, 3.8) is 0 Å². The largest absolute Gasteiger partial charge is 0.382 e. The lowest BCUT2D eigenvalue weighted by molar-refractivity contribution is 0.102. The van der Waals surface area contributed by atoms with Crippen LogP contribution in [-0.2, 0) is 6.42 Å². The van der Waals surface area contributed by atoms with Crippen molar-refractivity contribution in [2.24, 2.45) is 0 Å². The summed E-state index contributed by atoms with van der Waals surface area (Å²) in [6.07, 6.45) is 10.3. The van der Waals surface area contributed by atoms with Crippen LogP contribution in [0.15, 0.2) is 42.6 Å². The second-order valence-corrected chi connectivity index (χ2v) is 6.77. The lowest BCUT2D eigenvalue weighted by Gasteiger charge is -2.18. The van der Waals surface area contributed by atoms with E-state index in [1.807, 2.05) is 36.4 Å². The molecule has 1 saturated carbocycles. The summed E-state index contributed by atoms with van der Waals surface area (Å²) in [6.45, 7) is 2.12. The van der Waals surface area contributed by atoms with Gasteiger partial charge in [0.15, 0.2) is 0 Å². The lowest BCUT2D eigenvalue weighted by Crippen LogP contribution is -2.19. The molecule has 2 N–H and O–H groups in total. The van der Waals surface area contributed by atoms with Crippen LogP contribution in [0, 0.1) is 0 Å². The van der Waals surface area contributed by atoms with Gasteiger partial charge in [-0.05, 0) is 49.1 Å². The third-order valence-electron chi connectivity index (χ3n) is 4.84. The molecule has 25 heavy (non-hydrogen) atoms. The number of rotatable bonds is 5. The molecule has 1 aliphatic rings. The van der Waals surface area contributed by atoms with Crippen LogP contribution in [0.5, 0.6) is 0 Å². The predicted octanol–water partition coefficient (Wildman–Crippen LogP) is 5.03. The van der Waals surface area contributed by atoms with E-state index in [2.05, 4.69) is 22.5 Å². The molecule has 1 fully saturated rings. The number of carbonyl (C=O) groups excluding carboxylic acids is 1. The average Bonchev–Trinajstić information content (AvgIpc) is 2.91. The van der Waals surface area contributed by atoms with Gasteiger partial charge in [-0.1, -0.05) is 44.7 Å². The quantitative estimate of drug-likeness (QED) is 0.752. The SMILES string of the molecule is CCc1ccc(NC(=O)c2cc(NC3CCCCCC3)ccn2)cc1. The van der Waals surface area contributed by atoms with E-state index < -0.39 is 0 Å². The number of benzene rings is 1. The number of hydrogen-bond donors (Lipinski definition) is 2. The van der Waals surface area contributed by atoms with Crippen molar-refractivity contribution in [1.29, 1.82) is 0 Å². The van der Waals surface area contributed by atoms with Crippen molar-refractivity contribution in [2.75, 3.05) is 10.6 Å². The van der Waals surface area contributed by atoms with Crippen LogP contribution in [0.4, 0.5) is 11.4 Å². The van der Waals surface area contributed by atoms with Crippen molar-refractivity contribution in [2.45, 2.75) is 57.9 Å². The molecule has 1 aliphatic carbocycles. The number of aryl methyl sites for hydroxylation is 1. The van der Waals surface area contributed by atoms with E-state index in [1.165, 1.54) is 44.1 Å². The highest BCUT2D eigenvalue weighted by Gasteiger charge is 2.13. The molecule has 0 atom stereocenters. The number of aromatic nitrogens is 1. The zero-order chi connectivity index (χ0) is 17.5. The molecular formula is C21H27N3O. The molecule has 1 amide bonds. The molecule has 4 nitrogen and oxygen atoms in total. The van der Waals surface area contributed by atoms with E-state index in [0.717, 1.165) is 17.8 Å². The minimum Gasteiger partial charge on any atom is -0.382 e. The molecule has 0 aliphatic heterocycles. The maximum atomic E-state index is 12.5. The summed E-state index contributed by atoms with van der Waals surface area (Å²) in [6, 6.07) is 12.2. The van der Waals surface area contributed by atoms with E-state index in [1.54, 1.807) is 6.20 Å². The highest BCUT2D eigenvalue weighted by atomic mass is 16.1. The molecule has 132 valence electrons. The molecule has 4 heteroatoms. The standard InChI is InChI=1S/C21H27N3O/c1-2-16-9-11-18(12-10-16)24-21(25)20-15-19(13-14-22-20)23-17-7-5-3-4-6-8-17/h9-15,17H,2-8H2,1H3,(H,22,23)(H,24,25). The normalized spacial score (nSPS) is 15.4. The van der Waals surface area contributed by atoms with Gasteiger partial charge in [-0.3, -0.25) is 9.78 Å². The van der Waals surface area contributed by atoms with Crippen molar-refractivity contribution in [1.82, 2.24) is 4.98 Å². The number of anilines is 2. The Morgan fingerprint density at radius 2 is 1.76 bits per heavy atom. The first-order valence-corrected chi connectivity index (χ1v) is 9.37. The summed E-state index contributed by atoms with van der Waals surface area (Å²) >= 11 is 0. The van der Waals surface area contributed by atoms with Gasteiger partial charge in [0.2, 0.25) is 0 Å². The van der Waals surface area contributed by atoms with E-state index in [-0.39, 0.29) is 5.91 Å². The van der Waals surface area contributed by atoms with E-state index in [4.69, 9.17) is 0 Å². The third-order valence-corrected chi connectivity index (χ3v) is 4.84. The smallest absolute Gasteiger partial charge is 0.274 e. The van der Waals surface area contributed by atoms with E-state index >= 15 is 0 Å². The second kappa shape index (κ2) is 8.65. The zero-order valence-electron chi connectivity index (χ0n) is 14.9. The fraction of sp³-hybridized carbons (Fsp3) is 0.429. The summed E-state index contributed by atoms with van der Waals surface area (Å²) in [4.78, 5) is 16.7. The van der Waals surface area contributed by atoms with Crippen LogP contribution >= 0.6 is 0 Å². The average molecular weight is 337 g/mol. The summed E-state index contributed by atoms with van der Waals surface area (Å²) < 4.78 is 0. The Bertz CT molecular complexity index is 689. The number of hydrogen-bond acceptors (Lipinski definition) is 3. The molecule has 0 bridgehead atoms. The van der Waals surface area contributed by atoms with Crippen LogP contribution in [0.25, 0.3) is 0 Å². The molecular weight excluding hydrogens is 310 g/mol. The molecule has 0 saturated heterocycles. The Morgan fingerprint density at radius 1 is 1.04 bits per heavy atom. The Kier molecular flexibility index (Phi) is 6.04. The van der Waals surface area contributed by atoms with Crippen molar-refractivity contribution < 1.29 is 4.79 Å². The van der Waals surface area contributed by atoms with Gasteiger partial charge in [0.05, 0.1) is 0 Å². The fourth-order valence-corrected chi connectivity index (χ4v) is 3.32. The summed E-state index contributed by atoms with van der Waals surface area (Å²) in [5.74, 6) is -0.172. The van der Waals surface area contributed by atoms with E-state index in [9.17, 15) is 4.79 Å². The van der Waals surface area contributed by atoms with Gasteiger partial charge in [-0.2, -0.15) is 0 Å². The molecule has 0 radical (unpaired) electrons. The molecule has 3 rings (SSSR count). The predicted molar refractivity (Wildman–Crippen MR) is 103 cm³/mol. The number of carbonyl (C=O) groups is 1. The van der Waals surface area contributed by atoms with Gasteiger partial charge >= 0.3 is 0 Å². The summed E-state index contributed by atoms with van der Waals surface area (Å²) in [5.41, 5.74) is 3.48. The first-order chi connectivity index (χ1) is 12.2. The maximum Gasteiger partial charge on any atom is 0.274 e. The minimum absolute atomic E-state index is 0.172. The minimum atomic E-state index is -0.172. The first-order valence-electron chi connectivity index (χ1n) is 9.37. The summed E-state index contributed by atoms with van der Waals surface area (Å²) in [5, 5.41) is 6.50. The topological polar surface area (TPSA) is 54.0 Å². The number of amides is 1. The summed E-state index contributed by atoms with van der Waals surface area (Å²) in [7, 11) is 0. The van der Waals surface area contributed by atoms with Gasteiger partial charge in [0.1, 0.15) is 5.69 Å². The third kappa shape index (κ3) is 5.05. The van der Waals surface area contributed by atoms with Gasteiger partial charge in [-0.25, -0.2) is 0 Å². The highest BCUT2D eigenvalue weighted by Crippen LogP contribution is 2.21. The molecule has 1 aromatic heterocycles. The van der Waals surface area contributed by atoms with Crippen LogP contribution in [-0.4, -0.2) is 16.9 Å². The Labute approximate surface area is 150 Å². The molecule has 0 spiro atoms. The fourth-order valence-electron chi connectivity index (χ4n) is 3.32. The number of pyridine rings is 1. The van der Waals surface area contributed by atoms with Crippen LogP contribution in [0.1, 0.15) is 61.5 Å². The first kappa shape index (κ1) is 17.5. The van der Waals surface area contributed by atoms with Crippen LogP contribution in [0.3, 0.4) is 0 Å². The molecule has 1 heterocycles. The maximum absolute atomic E-state index is 12.5. The second-order valence-electron chi connectivity index (χ2n) is 6.77. The molecule has 0 unspecified atom stereocenters. The molecule has 1 aromatic carbocycles. The Morgan fingerprint density at radius 3 is 2.44 bits per heavy atom. The van der Waals surface area contributed by atoms with Crippen molar-refractivity contribution in [3.05, 3.63) is 53.9 Å². The number of nitrogens with zero attached hydrogens (tertiary/aromatic N) is 1. The monoisotopic (exact) mass is 337 g/mol. The molecule has 2 aromatic rings. The van der Waals surface area contributed by atoms with Gasteiger partial charge in [0.25, 0.3) is 5.91 Å². The van der Waals surface area contributed by atoms with Crippen LogP contribution in [0.2, 0.25) is 0 Å². The zero-order valence-corrected chi connectivity index (χ0v) is 14.9. The van der Waals surface area contributed by atoms with Crippen LogP contribution < -0.4 is 10.6 Å². The van der Waals surface area contributed by atoms with E-state index in [0.29, 0.717) is 11.7 Å². The van der Waals surface area contributed by atoms with Crippen molar-refractivity contribution in [3.8, 4) is 0 Å².